The predicted molar refractivity (Wildman–Crippen MR) is 118 cm³/mol. The van der Waals surface area contributed by atoms with Crippen molar-refractivity contribution in [2.75, 3.05) is 24.5 Å². The summed E-state index contributed by atoms with van der Waals surface area (Å²) in [4.78, 5) is 6.77. The molecule has 8 nitrogen and oxygen atoms in total. The molecule has 2 aromatic heterocycles. The minimum absolute atomic E-state index is 0.188. The SMILES string of the molecule is Oc1cc(-c2cnn3c2CCCC3)ccc1-c1cnc(N2CCN[C@H](C3CC3)C2)nn1. The number of nitrogens with zero attached hydrogens (tertiary/aromatic N) is 6. The van der Waals surface area contributed by atoms with Crippen LogP contribution in [0.4, 0.5) is 5.95 Å². The minimum atomic E-state index is 0.188. The first kappa shape index (κ1) is 18.7. The molecule has 3 aliphatic rings. The summed E-state index contributed by atoms with van der Waals surface area (Å²) in [5, 5.41) is 27.6. The normalized spacial score (nSPS) is 21.2. The van der Waals surface area contributed by atoms with Gasteiger partial charge in [0.2, 0.25) is 5.95 Å². The van der Waals surface area contributed by atoms with Gasteiger partial charge in [0.15, 0.2) is 0 Å². The van der Waals surface area contributed by atoms with Gasteiger partial charge in [0.1, 0.15) is 11.4 Å². The van der Waals surface area contributed by atoms with Crippen molar-refractivity contribution in [2.24, 2.45) is 5.92 Å². The Morgan fingerprint density at radius 1 is 1.03 bits per heavy atom. The van der Waals surface area contributed by atoms with E-state index < -0.39 is 0 Å². The molecule has 3 aromatic rings. The number of rotatable bonds is 4. The van der Waals surface area contributed by atoms with Crippen molar-refractivity contribution < 1.29 is 5.11 Å². The van der Waals surface area contributed by atoms with E-state index >= 15 is 0 Å². The highest BCUT2D eigenvalue weighted by Crippen LogP contribution is 2.36. The number of phenols is 1. The zero-order chi connectivity index (χ0) is 20.8. The van der Waals surface area contributed by atoms with E-state index in [0.717, 1.165) is 49.6 Å². The third-order valence-corrected chi connectivity index (χ3v) is 6.80. The van der Waals surface area contributed by atoms with E-state index in [1.807, 2.05) is 18.3 Å². The molecule has 2 aliphatic heterocycles. The fraction of sp³-hybridized carbons (Fsp3) is 0.478. The van der Waals surface area contributed by atoms with Crippen molar-refractivity contribution in [3.63, 3.8) is 0 Å². The quantitative estimate of drug-likeness (QED) is 0.674. The molecule has 0 bridgehead atoms. The zero-order valence-corrected chi connectivity index (χ0v) is 17.5. The lowest BCUT2D eigenvalue weighted by Gasteiger charge is -2.33. The van der Waals surface area contributed by atoms with E-state index in [2.05, 4.69) is 35.2 Å². The molecule has 1 atom stereocenters. The fourth-order valence-corrected chi connectivity index (χ4v) is 4.89. The van der Waals surface area contributed by atoms with Crippen LogP contribution in [0.25, 0.3) is 22.4 Å². The maximum Gasteiger partial charge on any atom is 0.245 e. The van der Waals surface area contributed by atoms with Crippen LogP contribution in [-0.4, -0.2) is 55.7 Å². The number of aryl methyl sites for hydroxylation is 1. The lowest BCUT2D eigenvalue weighted by molar-refractivity contribution is 0.414. The first-order chi connectivity index (χ1) is 15.3. The number of anilines is 1. The molecule has 4 heterocycles. The number of hydrogen-bond donors (Lipinski definition) is 2. The molecule has 1 aromatic carbocycles. The number of piperazine rings is 1. The average Bonchev–Trinajstić information content (AvgIpc) is 3.58. The highest BCUT2D eigenvalue weighted by atomic mass is 16.3. The summed E-state index contributed by atoms with van der Waals surface area (Å²) in [6, 6.07) is 6.25. The second kappa shape index (κ2) is 7.60. The lowest BCUT2D eigenvalue weighted by atomic mass is 9.99. The molecular weight excluding hydrogens is 390 g/mol. The van der Waals surface area contributed by atoms with Gasteiger partial charge in [-0.3, -0.25) is 4.68 Å². The molecule has 6 rings (SSSR count). The largest absolute Gasteiger partial charge is 0.507 e. The Bertz CT molecular complexity index is 1090. The fourth-order valence-electron chi connectivity index (χ4n) is 4.89. The Labute approximate surface area is 181 Å². The van der Waals surface area contributed by atoms with Crippen molar-refractivity contribution in [3.8, 4) is 28.1 Å². The molecule has 8 heteroatoms. The first-order valence-corrected chi connectivity index (χ1v) is 11.3. The summed E-state index contributed by atoms with van der Waals surface area (Å²) in [6.07, 6.45) is 9.66. The van der Waals surface area contributed by atoms with Gasteiger partial charge in [-0.2, -0.15) is 5.10 Å². The number of hydrogen-bond acceptors (Lipinski definition) is 7. The van der Waals surface area contributed by atoms with E-state index in [1.54, 1.807) is 12.3 Å². The molecule has 2 N–H and O–H groups in total. The number of benzene rings is 1. The second-order valence-electron chi connectivity index (χ2n) is 8.90. The summed E-state index contributed by atoms with van der Waals surface area (Å²) in [7, 11) is 0. The third kappa shape index (κ3) is 3.54. The molecule has 2 fully saturated rings. The van der Waals surface area contributed by atoms with Gasteiger partial charge in [-0.25, -0.2) is 4.98 Å². The highest BCUT2D eigenvalue weighted by molar-refractivity contribution is 5.74. The Kier molecular flexibility index (Phi) is 4.60. The molecule has 0 radical (unpaired) electrons. The monoisotopic (exact) mass is 417 g/mol. The van der Waals surface area contributed by atoms with Gasteiger partial charge in [0, 0.05) is 49.0 Å². The van der Waals surface area contributed by atoms with Crippen molar-refractivity contribution in [1.82, 2.24) is 30.3 Å². The third-order valence-electron chi connectivity index (χ3n) is 6.80. The van der Waals surface area contributed by atoms with Crippen LogP contribution in [0.5, 0.6) is 5.75 Å². The molecule has 0 spiro atoms. The highest BCUT2D eigenvalue weighted by Gasteiger charge is 2.34. The van der Waals surface area contributed by atoms with Gasteiger partial charge in [-0.05, 0) is 55.7 Å². The van der Waals surface area contributed by atoms with Crippen molar-refractivity contribution in [1.29, 1.82) is 0 Å². The van der Waals surface area contributed by atoms with Gasteiger partial charge in [-0.15, -0.1) is 10.2 Å². The summed E-state index contributed by atoms with van der Waals surface area (Å²) >= 11 is 0. The molecule has 1 saturated heterocycles. The van der Waals surface area contributed by atoms with Gasteiger partial charge in [-0.1, -0.05) is 6.07 Å². The summed E-state index contributed by atoms with van der Waals surface area (Å²) in [5.74, 6) is 1.65. The molecular formula is C23H27N7O. The van der Waals surface area contributed by atoms with E-state index in [-0.39, 0.29) is 5.75 Å². The van der Waals surface area contributed by atoms with Gasteiger partial charge in [0.25, 0.3) is 0 Å². The topological polar surface area (TPSA) is 92.0 Å². The smallest absolute Gasteiger partial charge is 0.245 e. The standard InChI is InChI=1S/C23H27N7O/c31-22-11-16(18-12-26-30-9-2-1-3-21(18)30)6-7-17(22)19-13-25-23(28-27-19)29-10-8-24-20(14-29)15-4-5-15/h6-7,11-13,15,20,24,31H,1-5,8-10,14H2/t20-/m0/s1. The summed E-state index contributed by atoms with van der Waals surface area (Å²) in [5.41, 5.74) is 4.56. The first-order valence-electron chi connectivity index (χ1n) is 11.3. The Morgan fingerprint density at radius 2 is 1.97 bits per heavy atom. The molecule has 1 aliphatic carbocycles. The van der Waals surface area contributed by atoms with Crippen LogP contribution in [0.1, 0.15) is 31.4 Å². The number of aromatic hydroxyl groups is 1. The van der Waals surface area contributed by atoms with E-state index in [4.69, 9.17) is 0 Å². The van der Waals surface area contributed by atoms with Crippen molar-refractivity contribution in [2.45, 2.75) is 44.7 Å². The van der Waals surface area contributed by atoms with Crippen LogP contribution in [0, 0.1) is 5.92 Å². The molecule has 1 saturated carbocycles. The Morgan fingerprint density at radius 3 is 2.77 bits per heavy atom. The van der Waals surface area contributed by atoms with Crippen LogP contribution >= 0.6 is 0 Å². The number of aromatic nitrogens is 5. The van der Waals surface area contributed by atoms with Crippen LogP contribution in [0.15, 0.2) is 30.6 Å². The van der Waals surface area contributed by atoms with E-state index in [1.165, 1.54) is 31.4 Å². The van der Waals surface area contributed by atoms with Crippen LogP contribution in [0.2, 0.25) is 0 Å². The number of phenolic OH excluding ortho intramolecular Hbond substituents is 1. The van der Waals surface area contributed by atoms with Crippen molar-refractivity contribution in [3.05, 3.63) is 36.3 Å². The Balaban J connectivity index is 1.23. The van der Waals surface area contributed by atoms with E-state index in [9.17, 15) is 5.11 Å². The molecule has 0 amide bonds. The number of nitrogens with one attached hydrogen (secondary N) is 1. The van der Waals surface area contributed by atoms with Crippen LogP contribution < -0.4 is 10.2 Å². The minimum Gasteiger partial charge on any atom is -0.507 e. The van der Waals surface area contributed by atoms with E-state index in [0.29, 0.717) is 23.2 Å². The molecule has 160 valence electrons. The predicted octanol–water partition coefficient (Wildman–Crippen LogP) is 2.63. The zero-order valence-electron chi connectivity index (χ0n) is 17.5. The van der Waals surface area contributed by atoms with Crippen LogP contribution in [0.3, 0.4) is 0 Å². The van der Waals surface area contributed by atoms with Gasteiger partial charge in [0.05, 0.1) is 12.4 Å². The van der Waals surface area contributed by atoms with Crippen molar-refractivity contribution >= 4 is 5.95 Å². The lowest BCUT2D eigenvalue weighted by Crippen LogP contribution is -2.52. The van der Waals surface area contributed by atoms with Gasteiger partial charge < -0.3 is 15.3 Å². The average molecular weight is 418 g/mol. The maximum absolute atomic E-state index is 10.7. The second-order valence-corrected chi connectivity index (χ2v) is 8.90. The number of fused-ring (bicyclic) bond motifs is 1. The molecule has 31 heavy (non-hydrogen) atoms. The summed E-state index contributed by atoms with van der Waals surface area (Å²) < 4.78 is 2.09. The van der Waals surface area contributed by atoms with Gasteiger partial charge >= 0.3 is 0 Å². The summed E-state index contributed by atoms with van der Waals surface area (Å²) in [6.45, 7) is 3.75. The molecule has 0 unspecified atom stereocenters. The van der Waals surface area contributed by atoms with Crippen LogP contribution in [-0.2, 0) is 13.0 Å². The Hall–Kier alpha value is -3.00. The maximum atomic E-state index is 10.7.